The third-order valence-electron chi connectivity index (χ3n) is 2.56. The molecule has 1 aliphatic rings. The van der Waals surface area contributed by atoms with Gasteiger partial charge in [0.15, 0.2) is 0 Å². The van der Waals surface area contributed by atoms with Gasteiger partial charge in [-0.25, -0.2) is 0 Å². The predicted octanol–water partition coefficient (Wildman–Crippen LogP) is -0.563. The van der Waals surface area contributed by atoms with E-state index in [0.717, 1.165) is 31.9 Å². The predicted molar refractivity (Wildman–Crippen MR) is 51.5 cm³/mol. The van der Waals surface area contributed by atoms with Crippen molar-refractivity contribution in [2.24, 2.45) is 5.73 Å². The zero-order valence-electron chi connectivity index (χ0n) is 7.99. The fraction of sp³-hybridized carbons (Fsp3) is 0.750. The van der Waals surface area contributed by atoms with E-state index in [1.807, 2.05) is 0 Å². The number of aromatic nitrogens is 3. The van der Waals surface area contributed by atoms with Crippen LogP contribution in [0.4, 0.5) is 5.95 Å². The first-order valence-corrected chi connectivity index (χ1v) is 4.71. The lowest BCUT2D eigenvalue weighted by atomic mass is 9.88. The Labute approximate surface area is 82.0 Å². The molecule has 0 aromatic carbocycles. The summed E-state index contributed by atoms with van der Waals surface area (Å²) in [6.07, 6.45) is 2.39. The summed E-state index contributed by atoms with van der Waals surface area (Å²) in [5.74, 6) is 1.03. The zero-order valence-corrected chi connectivity index (χ0v) is 7.99. The van der Waals surface area contributed by atoms with Gasteiger partial charge in [-0.05, 0) is 12.8 Å². The van der Waals surface area contributed by atoms with Crippen molar-refractivity contribution >= 4 is 5.95 Å². The first-order valence-electron chi connectivity index (χ1n) is 4.71. The standard InChI is InChI=1S/C8H15N5O/c9-7-11-6(12-13-7)5-8(10)1-3-14-4-2-8/h1-5,10H2,(H3,9,11,12,13). The maximum absolute atomic E-state index is 6.19. The SMILES string of the molecule is Nc1n[nH]c(CC2(N)CCOCC2)n1. The van der Waals surface area contributed by atoms with Crippen molar-refractivity contribution in [3.8, 4) is 0 Å². The maximum atomic E-state index is 6.19. The van der Waals surface area contributed by atoms with Crippen LogP contribution < -0.4 is 11.5 Å². The van der Waals surface area contributed by atoms with Crippen LogP contribution in [0.5, 0.6) is 0 Å². The van der Waals surface area contributed by atoms with Crippen molar-refractivity contribution in [3.05, 3.63) is 5.82 Å². The van der Waals surface area contributed by atoms with Gasteiger partial charge in [-0.2, -0.15) is 4.98 Å². The molecule has 1 saturated heterocycles. The first kappa shape index (κ1) is 9.42. The van der Waals surface area contributed by atoms with Crippen LogP contribution >= 0.6 is 0 Å². The van der Waals surface area contributed by atoms with Crippen LogP contribution in [0.25, 0.3) is 0 Å². The molecular formula is C8H15N5O. The third kappa shape index (κ3) is 2.02. The van der Waals surface area contributed by atoms with Crippen molar-refractivity contribution in [2.75, 3.05) is 18.9 Å². The van der Waals surface area contributed by atoms with Crippen LogP contribution in [0.2, 0.25) is 0 Å². The van der Waals surface area contributed by atoms with Crippen molar-refractivity contribution in [3.63, 3.8) is 0 Å². The van der Waals surface area contributed by atoms with Gasteiger partial charge in [-0.15, -0.1) is 5.10 Å². The number of nitrogens with two attached hydrogens (primary N) is 2. The van der Waals surface area contributed by atoms with Crippen LogP contribution in [0.1, 0.15) is 18.7 Å². The van der Waals surface area contributed by atoms with E-state index in [0.29, 0.717) is 6.42 Å². The Morgan fingerprint density at radius 1 is 1.43 bits per heavy atom. The summed E-state index contributed by atoms with van der Waals surface area (Å²) in [5, 5.41) is 6.54. The number of nitrogen functional groups attached to an aromatic ring is 1. The Bertz CT molecular complexity index is 304. The number of nitrogens with one attached hydrogen (secondary N) is 1. The van der Waals surface area contributed by atoms with Crippen molar-refractivity contribution in [1.82, 2.24) is 15.2 Å². The molecule has 6 heteroatoms. The molecule has 0 unspecified atom stereocenters. The second kappa shape index (κ2) is 3.55. The van der Waals surface area contributed by atoms with Crippen LogP contribution in [-0.2, 0) is 11.2 Å². The van der Waals surface area contributed by atoms with Gasteiger partial charge in [0.05, 0.1) is 0 Å². The van der Waals surface area contributed by atoms with E-state index in [1.165, 1.54) is 0 Å². The summed E-state index contributed by atoms with van der Waals surface area (Å²) >= 11 is 0. The Hall–Kier alpha value is -1.14. The minimum atomic E-state index is -0.218. The van der Waals surface area contributed by atoms with Gasteiger partial charge in [0.1, 0.15) is 5.82 Å². The molecule has 2 rings (SSSR count). The van der Waals surface area contributed by atoms with E-state index in [2.05, 4.69) is 15.2 Å². The molecule has 0 saturated carbocycles. The topological polar surface area (TPSA) is 103 Å². The third-order valence-corrected chi connectivity index (χ3v) is 2.56. The maximum Gasteiger partial charge on any atom is 0.239 e. The summed E-state index contributed by atoms with van der Waals surface area (Å²) in [4.78, 5) is 4.04. The average molecular weight is 197 g/mol. The molecule has 1 aromatic rings. The lowest BCUT2D eigenvalue weighted by molar-refractivity contribution is 0.0527. The summed E-state index contributed by atoms with van der Waals surface area (Å²) < 4.78 is 5.26. The minimum absolute atomic E-state index is 0.218. The molecule has 0 amide bonds. The molecule has 0 aliphatic carbocycles. The van der Waals surface area contributed by atoms with Gasteiger partial charge >= 0.3 is 0 Å². The highest BCUT2D eigenvalue weighted by molar-refractivity contribution is 5.14. The van der Waals surface area contributed by atoms with Crippen LogP contribution in [0.15, 0.2) is 0 Å². The molecule has 0 atom stereocenters. The molecule has 1 aliphatic heterocycles. The number of ether oxygens (including phenoxy) is 1. The molecule has 0 bridgehead atoms. The molecule has 1 fully saturated rings. The van der Waals surface area contributed by atoms with E-state index in [-0.39, 0.29) is 11.5 Å². The molecule has 0 radical (unpaired) electrons. The van der Waals surface area contributed by atoms with Gasteiger partial charge in [0.2, 0.25) is 5.95 Å². The number of hydrogen-bond acceptors (Lipinski definition) is 5. The molecule has 0 spiro atoms. The zero-order chi connectivity index (χ0) is 10.0. The number of aromatic amines is 1. The number of rotatable bonds is 2. The monoisotopic (exact) mass is 197 g/mol. The van der Waals surface area contributed by atoms with Crippen LogP contribution in [-0.4, -0.2) is 33.9 Å². The summed E-state index contributed by atoms with van der Waals surface area (Å²) in [6.45, 7) is 1.44. The van der Waals surface area contributed by atoms with E-state index in [9.17, 15) is 0 Å². The molecule has 6 nitrogen and oxygen atoms in total. The number of anilines is 1. The van der Waals surface area contributed by atoms with E-state index in [1.54, 1.807) is 0 Å². The van der Waals surface area contributed by atoms with Gasteiger partial charge < -0.3 is 16.2 Å². The number of H-pyrrole nitrogens is 1. The van der Waals surface area contributed by atoms with E-state index >= 15 is 0 Å². The second-order valence-corrected chi connectivity index (χ2v) is 3.79. The normalized spacial score (nSPS) is 20.9. The smallest absolute Gasteiger partial charge is 0.239 e. The fourth-order valence-corrected chi connectivity index (χ4v) is 1.68. The average Bonchev–Trinajstić information content (AvgIpc) is 2.51. The molecular weight excluding hydrogens is 182 g/mol. The molecule has 2 heterocycles. The van der Waals surface area contributed by atoms with Gasteiger partial charge in [-0.3, -0.25) is 5.10 Å². The van der Waals surface area contributed by atoms with E-state index < -0.39 is 0 Å². The molecule has 5 N–H and O–H groups in total. The lowest BCUT2D eigenvalue weighted by Crippen LogP contribution is -2.47. The summed E-state index contributed by atoms with van der Waals surface area (Å²) in [7, 11) is 0. The van der Waals surface area contributed by atoms with Crippen molar-refractivity contribution in [1.29, 1.82) is 0 Å². The highest BCUT2D eigenvalue weighted by Gasteiger charge is 2.29. The van der Waals surface area contributed by atoms with Crippen molar-refractivity contribution < 1.29 is 4.74 Å². The Morgan fingerprint density at radius 2 is 2.14 bits per heavy atom. The summed E-state index contributed by atoms with van der Waals surface area (Å²) in [6, 6.07) is 0. The van der Waals surface area contributed by atoms with Crippen LogP contribution in [0.3, 0.4) is 0 Å². The fourth-order valence-electron chi connectivity index (χ4n) is 1.68. The Kier molecular flexibility index (Phi) is 2.39. The number of nitrogens with zero attached hydrogens (tertiary/aromatic N) is 2. The van der Waals surface area contributed by atoms with Gasteiger partial charge in [-0.1, -0.05) is 0 Å². The second-order valence-electron chi connectivity index (χ2n) is 3.79. The van der Waals surface area contributed by atoms with E-state index in [4.69, 9.17) is 16.2 Å². The highest BCUT2D eigenvalue weighted by Crippen LogP contribution is 2.21. The lowest BCUT2D eigenvalue weighted by Gasteiger charge is -2.32. The summed E-state index contributed by atoms with van der Waals surface area (Å²) in [5.41, 5.74) is 11.4. The van der Waals surface area contributed by atoms with Gasteiger partial charge in [0.25, 0.3) is 0 Å². The van der Waals surface area contributed by atoms with Crippen molar-refractivity contribution in [2.45, 2.75) is 24.8 Å². The number of hydrogen-bond donors (Lipinski definition) is 3. The van der Waals surface area contributed by atoms with Crippen LogP contribution in [0, 0.1) is 0 Å². The molecule has 78 valence electrons. The first-order chi connectivity index (χ1) is 6.68. The Morgan fingerprint density at radius 3 is 2.71 bits per heavy atom. The molecule has 14 heavy (non-hydrogen) atoms. The largest absolute Gasteiger partial charge is 0.381 e. The highest BCUT2D eigenvalue weighted by atomic mass is 16.5. The van der Waals surface area contributed by atoms with Gasteiger partial charge in [0, 0.05) is 25.2 Å². The quantitative estimate of drug-likeness (QED) is 0.589. The Balaban J connectivity index is 2.01. The minimum Gasteiger partial charge on any atom is -0.381 e. The molecule has 1 aromatic heterocycles.